The van der Waals surface area contributed by atoms with Crippen LogP contribution in [0.4, 0.5) is 0 Å². The second-order valence-electron chi connectivity index (χ2n) is 16.2. The highest BCUT2D eigenvalue weighted by atomic mass is 15.0. The summed E-state index contributed by atoms with van der Waals surface area (Å²) >= 11 is 0. The van der Waals surface area contributed by atoms with Crippen molar-refractivity contribution in [2.24, 2.45) is 0 Å². The molecule has 0 saturated carbocycles. The third-order valence-corrected chi connectivity index (χ3v) is 12.8. The fourth-order valence-corrected chi connectivity index (χ4v) is 10.1. The Morgan fingerprint density at radius 3 is 1.34 bits per heavy atom. The first-order chi connectivity index (χ1) is 30.2. The van der Waals surface area contributed by atoms with Gasteiger partial charge >= 0.3 is 0 Å². The van der Waals surface area contributed by atoms with Crippen molar-refractivity contribution in [1.29, 1.82) is 0 Å². The minimum Gasteiger partial charge on any atom is -0.212 e. The summed E-state index contributed by atoms with van der Waals surface area (Å²) in [5.74, 6) is 2.13. The van der Waals surface area contributed by atoms with Crippen LogP contribution in [0.2, 0.25) is 0 Å². The second-order valence-corrected chi connectivity index (χ2v) is 16.2. The van der Waals surface area contributed by atoms with E-state index in [4.69, 9.17) is 15.0 Å². The van der Waals surface area contributed by atoms with Crippen LogP contribution >= 0.6 is 0 Å². The van der Waals surface area contributed by atoms with Crippen LogP contribution in [0.1, 0.15) is 40.4 Å². The highest BCUT2D eigenvalue weighted by Gasteiger charge is 2.49. The normalized spacial score (nSPS) is 15.0. The van der Waals surface area contributed by atoms with Crippen molar-refractivity contribution in [2.45, 2.75) is 17.8 Å². The van der Waals surface area contributed by atoms with Gasteiger partial charge in [-0.15, -0.1) is 0 Å². The van der Waals surface area contributed by atoms with Gasteiger partial charge in [0.2, 0.25) is 0 Å². The van der Waals surface area contributed by atoms with Crippen LogP contribution in [-0.4, -0.2) is 15.0 Å². The van der Waals surface area contributed by atoms with Crippen LogP contribution in [0.25, 0.3) is 78.4 Å². The zero-order valence-corrected chi connectivity index (χ0v) is 33.4. The van der Waals surface area contributed by atoms with Crippen LogP contribution in [0, 0.1) is 0 Å². The maximum absolute atomic E-state index is 5.42. The highest BCUT2D eigenvalue weighted by molar-refractivity contribution is 5.97. The summed E-state index contributed by atoms with van der Waals surface area (Å²) in [5.41, 5.74) is 18.4. The molecule has 0 aliphatic heterocycles. The third kappa shape index (κ3) is 5.62. The molecule has 0 N–H and O–H groups in total. The van der Waals surface area contributed by atoms with Gasteiger partial charge in [0.05, 0.1) is 5.41 Å². The molecule has 1 spiro atoms. The van der Waals surface area contributed by atoms with Gasteiger partial charge in [0.25, 0.3) is 0 Å². The molecule has 0 bridgehead atoms. The lowest BCUT2D eigenvalue weighted by atomic mass is 9.66. The summed E-state index contributed by atoms with van der Waals surface area (Å²) in [7, 11) is 0. The van der Waals surface area contributed by atoms with Crippen molar-refractivity contribution in [3.8, 4) is 78.4 Å². The molecule has 3 aliphatic rings. The average molecular weight is 778 g/mol. The summed E-state index contributed by atoms with van der Waals surface area (Å²) in [6.07, 6.45) is 9.45. The van der Waals surface area contributed by atoms with Gasteiger partial charge < -0.3 is 0 Å². The molecule has 8 aromatic carbocycles. The number of fused-ring (bicyclic) bond motifs is 12. The number of hydrogen-bond acceptors (Lipinski definition) is 3. The number of hydrogen-bond donors (Lipinski definition) is 0. The Bertz CT molecular complexity index is 3110. The Morgan fingerprint density at radius 2 is 0.803 bits per heavy atom. The topological polar surface area (TPSA) is 38.7 Å². The summed E-state index contributed by atoms with van der Waals surface area (Å²) in [6, 6.07) is 70.7. The van der Waals surface area contributed by atoms with E-state index < -0.39 is 5.41 Å². The van der Waals surface area contributed by atoms with E-state index in [2.05, 4.69) is 218 Å². The summed E-state index contributed by atoms with van der Waals surface area (Å²) in [5, 5.41) is 0. The Hall–Kier alpha value is -7.75. The average Bonchev–Trinajstić information content (AvgIpc) is 3.58. The molecule has 1 aromatic heterocycles. The summed E-state index contributed by atoms with van der Waals surface area (Å²) in [6.45, 7) is 0. The van der Waals surface area contributed by atoms with Gasteiger partial charge in [-0.25, -0.2) is 15.0 Å². The standard InChI is InChI=1S/C58H39N3/c1-4-18-38(19-5-1)42-34-43(39-20-6-2-7-21-39)36-44(35-42)57-60-55(40-22-8-3-9-23-40)59-56(61-57)41-32-33-50-49-28-14-17-31-53(49)58(54(50)37-41)51-29-15-12-26-47(51)45-24-10-11-25-46(45)48-27-13-16-30-52(48)58/h1-22,24-37,40H,23H2. The van der Waals surface area contributed by atoms with E-state index >= 15 is 0 Å². The van der Waals surface area contributed by atoms with Gasteiger partial charge in [-0.1, -0.05) is 194 Å². The van der Waals surface area contributed by atoms with E-state index in [1.807, 2.05) is 0 Å². The van der Waals surface area contributed by atoms with E-state index in [1.165, 1.54) is 55.6 Å². The first-order valence-electron chi connectivity index (χ1n) is 21.1. The minimum absolute atomic E-state index is 0.0283. The monoisotopic (exact) mass is 777 g/mol. The molecule has 3 nitrogen and oxygen atoms in total. The fraction of sp³-hybridized carbons (Fsp3) is 0.0517. The quantitative estimate of drug-likeness (QED) is 0.175. The molecule has 0 amide bonds. The minimum atomic E-state index is -0.599. The Kier molecular flexibility index (Phi) is 8.21. The SMILES string of the molecule is C1=CCC(c2nc(-c3cc(-c4ccccc4)cc(-c4ccccc4)c3)nc(-c3ccc4c(c3)C3(c5ccccc5-c5ccccc5-c5ccccc53)c3ccccc3-4)n2)C=C1. The van der Waals surface area contributed by atoms with Crippen LogP contribution in [0.3, 0.4) is 0 Å². The molecule has 0 fully saturated rings. The van der Waals surface area contributed by atoms with E-state index in [9.17, 15) is 0 Å². The predicted octanol–water partition coefficient (Wildman–Crippen LogP) is 14.1. The van der Waals surface area contributed by atoms with Gasteiger partial charge in [0, 0.05) is 17.0 Å². The van der Waals surface area contributed by atoms with E-state index in [-0.39, 0.29) is 5.92 Å². The molecule has 12 rings (SSSR count). The lowest BCUT2D eigenvalue weighted by molar-refractivity contribution is 0.763. The predicted molar refractivity (Wildman–Crippen MR) is 249 cm³/mol. The van der Waals surface area contributed by atoms with E-state index in [0.29, 0.717) is 11.6 Å². The number of rotatable bonds is 5. The van der Waals surface area contributed by atoms with Gasteiger partial charge in [0.15, 0.2) is 11.6 Å². The zero-order chi connectivity index (χ0) is 40.3. The van der Waals surface area contributed by atoms with Crippen molar-refractivity contribution in [1.82, 2.24) is 15.0 Å². The smallest absolute Gasteiger partial charge is 0.163 e. The molecular formula is C58H39N3. The molecule has 0 radical (unpaired) electrons. The Labute approximate surface area is 356 Å². The van der Waals surface area contributed by atoms with Crippen molar-refractivity contribution < 1.29 is 0 Å². The van der Waals surface area contributed by atoms with Crippen molar-refractivity contribution >= 4 is 0 Å². The largest absolute Gasteiger partial charge is 0.212 e. The summed E-state index contributed by atoms with van der Waals surface area (Å²) in [4.78, 5) is 16.1. The molecule has 9 aromatic rings. The second kappa shape index (κ2) is 14.2. The molecule has 61 heavy (non-hydrogen) atoms. The van der Waals surface area contributed by atoms with Gasteiger partial charge in [-0.2, -0.15) is 0 Å². The number of allylic oxidation sites excluding steroid dienone is 4. The molecule has 3 heteroatoms. The van der Waals surface area contributed by atoms with E-state index in [1.54, 1.807) is 0 Å². The number of benzene rings is 8. The van der Waals surface area contributed by atoms with Gasteiger partial charge in [-0.05, 0) is 109 Å². The maximum Gasteiger partial charge on any atom is 0.163 e. The van der Waals surface area contributed by atoms with Crippen LogP contribution in [-0.2, 0) is 5.41 Å². The van der Waals surface area contributed by atoms with E-state index in [0.717, 1.165) is 45.6 Å². The molecular weight excluding hydrogens is 739 g/mol. The maximum atomic E-state index is 5.42. The molecule has 1 heterocycles. The van der Waals surface area contributed by atoms with Gasteiger partial charge in [0.1, 0.15) is 5.82 Å². The molecule has 286 valence electrons. The van der Waals surface area contributed by atoms with Crippen LogP contribution in [0.5, 0.6) is 0 Å². The lowest BCUT2D eigenvalue weighted by Gasteiger charge is -2.35. The highest BCUT2D eigenvalue weighted by Crippen LogP contribution is 2.61. The molecule has 0 saturated heterocycles. The Morgan fingerprint density at radius 1 is 0.344 bits per heavy atom. The lowest BCUT2D eigenvalue weighted by Crippen LogP contribution is -2.29. The Balaban J connectivity index is 1.11. The molecule has 3 aliphatic carbocycles. The van der Waals surface area contributed by atoms with Gasteiger partial charge in [-0.3, -0.25) is 0 Å². The molecule has 1 unspecified atom stereocenters. The van der Waals surface area contributed by atoms with Crippen LogP contribution < -0.4 is 0 Å². The first-order valence-corrected chi connectivity index (χ1v) is 21.1. The zero-order valence-electron chi connectivity index (χ0n) is 33.4. The van der Waals surface area contributed by atoms with Crippen LogP contribution in [0.15, 0.2) is 218 Å². The fourth-order valence-electron chi connectivity index (χ4n) is 10.1. The number of aromatic nitrogens is 3. The first kappa shape index (κ1) is 35.2. The number of nitrogens with zero attached hydrogens (tertiary/aromatic N) is 3. The summed E-state index contributed by atoms with van der Waals surface area (Å²) < 4.78 is 0. The van der Waals surface area contributed by atoms with Crippen molar-refractivity contribution in [3.05, 3.63) is 247 Å². The van der Waals surface area contributed by atoms with Crippen molar-refractivity contribution in [2.75, 3.05) is 0 Å². The van der Waals surface area contributed by atoms with Crippen molar-refractivity contribution in [3.63, 3.8) is 0 Å². The molecule has 1 atom stereocenters. The third-order valence-electron chi connectivity index (χ3n) is 12.8.